The van der Waals surface area contributed by atoms with Crippen molar-refractivity contribution in [1.82, 2.24) is 19.6 Å². The third-order valence-corrected chi connectivity index (χ3v) is 4.54. The molecule has 30 heavy (non-hydrogen) atoms. The van der Waals surface area contributed by atoms with Gasteiger partial charge in [0.25, 0.3) is 0 Å². The second-order valence-corrected chi connectivity index (χ2v) is 6.72. The van der Waals surface area contributed by atoms with Crippen molar-refractivity contribution in [1.29, 1.82) is 0 Å². The summed E-state index contributed by atoms with van der Waals surface area (Å²) < 4.78 is 3.30. The van der Waals surface area contributed by atoms with Crippen molar-refractivity contribution in [3.05, 3.63) is 84.4 Å². The smallest absolute Gasteiger partial charge is 0.314 e. The maximum atomic E-state index is 12.4. The molecule has 8 heteroatoms. The van der Waals surface area contributed by atoms with E-state index in [9.17, 15) is 9.59 Å². The van der Waals surface area contributed by atoms with Crippen LogP contribution in [0.3, 0.4) is 0 Å². The zero-order valence-electron chi connectivity index (χ0n) is 16.5. The Hall–Kier alpha value is -4.20. The van der Waals surface area contributed by atoms with Crippen LogP contribution < -0.4 is 10.6 Å². The van der Waals surface area contributed by atoms with Crippen LogP contribution in [0.4, 0.5) is 11.4 Å². The third-order valence-electron chi connectivity index (χ3n) is 4.54. The Balaban J connectivity index is 1.46. The number of nitrogens with zero attached hydrogens (tertiary/aromatic N) is 4. The molecule has 0 fully saturated rings. The van der Waals surface area contributed by atoms with Crippen LogP contribution in [0.1, 0.15) is 11.4 Å². The number of carbonyl (C=O) groups is 2. The molecule has 2 aromatic carbocycles. The predicted octanol–water partition coefficient (Wildman–Crippen LogP) is 3.25. The van der Waals surface area contributed by atoms with E-state index in [0.29, 0.717) is 22.8 Å². The quantitative estimate of drug-likeness (QED) is 0.514. The first kappa shape index (κ1) is 19.1. The van der Waals surface area contributed by atoms with Gasteiger partial charge >= 0.3 is 11.8 Å². The van der Waals surface area contributed by atoms with Crippen LogP contribution in [0.5, 0.6) is 0 Å². The lowest BCUT2D eigenvalue weighted by molar-refractivity contribution is -0.133. The van der Waals surface area contributed by atoms with Crippen LogP contribution in [0.2, 0.25) is 0 Å². The molecule has 2 aromatic heterocycles. The van der Waals surface area contributed by atoms with Crippen LogP contribution in [-0.2, 0) is 9.59 Å². The Morgan fingerprint density at radius 3 is 1.40 bits per heavy atom. The van der Waals surface area contributed by atoms with Gasteiger partial charge in [-0.25, -0.2) is 9.36 Å². The molecule has 0 radical (unpaired) electrons. The molecule has 0 bridgehead atoms. The number of anilines is 2. The van der Waals surface area contributed by atoms with E-state index in [0.717, 1.165) is 11.4 Å². The zero-order valence-corrected chi connectivity index (χ0v) is 16.5. The Bertz CT molecular complexity index is 1100. The Kier molecular flexibility index (Phi) is 5.13. The molecule has 2 N–H and O–H groups in total. The van der Waals surface area contributed by atoms with E-state index in [1.54, 1.807) is 35.6 Å². The number of para-hydroxylation sites is 2. The average Bonchev–Trinajstić information content (AvgIpc) is 3.32. The topological polar surface area (TPSA) is 93.8 Å². The highest BCUT2D eigenvalue weighted by atomic mass is 16.2. The van der Waals surface area contributed by atoms with Crippen molar-refractivity contribution in [3.63, 3.8) is 0 Å². The van der Waals surface area contributed by atoms with E-state index in [1.165, 1.54) is 0 Å². The second-order valence-electron chi connectivity index (χ2n) is 6.72. The van der Waals surface area contributed by atoms with Gasteiger partial charge in [-0.15, -0.1) is 0 Å². The van der Waals surface area contributed by atoms with Gasteiger partial charge in [-0.3, -0.25) is 9.59 Å². The molecule has 4 aromatic rings. The Morgan fingerprint density at radius 1 is 0.667 bits per heavy atom. The van der Waals surface area contributed by atoms with Crippen LogP contribution >= 0.6 is 0 Å². The summed E-state index contributed by atoms with van der Waals surface area (Å²) >= 11 is 0. The number of hydrogen-bond donors (Lipinski definition) is 2. The van der Waals surface area contributed by atoms with E-state index in [4.69, 9.17) is 0 Å². The van der Waals surface area contributed by atoms with Gasteiger partial charge in [0.05, 0.1) is 46.5 Å². The van der Waals surface area contributed by atoms with Crippen molar-refractivity contribution >= 4 is 23.2 Å². The molecular formula is C22H20N6O2. The fraction of sp³-hybridized carbons (Fsp3) is 0.0909. The fourth-order valence-electron chi connectivity index (χ4n) is 2.95. The first-order valence-electron chi connectivity index (χ1n) is 9.37. The summed E-state index contributed by atoms with van der Waals surface area (Å²) in [6.07, 6.45) is 3.35. The molecular weight excluding hydrogens is 380 g/mol. The molecule has 0 unspecified atom stereocenters. The Labute approximate surface area is 173 Å². The SMILES string of the molecule is Cc1nn(-c2ccccc2)cc1NC(=O)C(=O)Nc1cn(-c2ccccc2)nc1C. The predicted molar refractivity (Wildman–Crippen MR) is 114 cm³/mol. The monoisotopic (exact) mass is 400 g/mol. The Morgan fingerprint density at radius 2 is 1.03 bits per heavy atom. The summed E-state index contributed by atoms with van der Waals surface area (Å²) in [7, 11) is 0. The van der Waals surface area contributed by atoms with Crippen LogP contribution in [0.25, 0.3) is 11.4 Å². The maximum absolute atomic E-state index is 12.4. The molecule has 2 heterocycles. The average molecular weight is 400 g/mol. The first-order valence-corrected chi connectivity index (χ1v) is 9.37. The van der Waals surface area contributed by atoms with Gasteiger partial charge in [0, 0.05) is 0 Å². The molecule has 0 aliphatic carbocycles. The minimum Gasteiger partial charge on any atom is -0.315 e. The van der Waals surface area contributed by atoms with Gasteiger partial charge < -0.3 is 10.6 Å². The number of nitrogens with one attached hydrogen (secondary N) is 2. The molecule has 4 rings (SSSR count). The first-order chi connectivity index (χ1) is 14.5. The number of aromatic nitrogens is 4. The lowest BCUT2D eigenvalue weighted by Crippen LogP contribution is -2.29. The number of aryl methyl sites for hydroxylation is 2. The number of rotatable bonds is 4. The molecule has 0 saturated carbocycles. The van der Waals surface area contributed by atoms with Gasteiger partial charge in [-0.05, 0) is 38.1 Å². The van der Waals surface area contributed by atoms with Crippen molar-refractivity contribution < 1.29 is 9.59 Å². The minimum atomic E-state index is -0.780. The van der Waals surface area contributed by atoms with Crippen LogP contribution in [0, 0.1) is 13.8 Å². The fourth-order valence-corrected chi connectivity index (χ4v) is 2.95. The molecule has 0 aliphatic rings. The van der Waals surface area contributed by atoms with E-state index in [1.807, 2.05) is 60.7 Å². The molecule has 8 nitrogen and oxygen atoms in total. The normalized spacial score (nSPS) is 10.6. The summed E-state index contributed by atoms with van der Waals surface area (Å²) in [5, 5.41) is 14.0. The molecule has 0 spiro atoms. The van der Waals surface area contributed by atoms with E-state index in [-0.39, 0.29) is 0 Å². The molecule has 0 saturated heterocycles. The van der Waals surface area contributed by atoms with E-state index < -0.39 is 11.8 Å². The standard InChI is InChI=1S/C22H20N6O2/c1-15-19(13-27(25-15)17-9-5-3-6-10-17)23-21(29)22(30)24-20-14-28(26-16(20)2)18-11-7-4-8-12-18/h3-14H,1-2H3,(H,23,29)(H,24,30). The highest BCUT2D eigenvalue weighted by Gasteiger charge is 2.19. The summed E-state index contributed by atoms with van der Waals surface area (Å²) in [5.74, 6) is -1.56. The highest BCUT2D eigenvalue weighted by molar-refractivity contribution is 6.43. The minimum absolute atomic E-state index is 0.468. The lowest BCUT2D eigenvalue weighted by atomic mass is 10.3. The van der Waals surface area contributed by atoms with Gasteiger partial charge in [-0.1, -0.05) is 36.4 Å². The van der Waals surface area contributed by atoms with Crippen molar-refractivity contribution in [2.45, 2.75) is 13.8 Å². The number of hydrogen-bond acceptors (Lipinski definition) is 4. The summed E-state index contributed by atoms with van der Waals surface area (Å²) in [4.78, 5) is 24.8. The van der Waals surface area contributed by atoms with Crippen molar-refractivity contribution in [3.8, 4) is 11.4 Å². The van der Waals surface area contributed by atoms with Gasteiger partial charge in [-0.2, -0.15) is 10.2 Å². The number of amides is 2. The number of benzene rings is 2. The van der Waals surface area contributed by atoms with Gasteiger partial charge in [0.2, 0.25) is 0 Å². The maximum Gasteiger partial charge on any atom is 0.314 e. The van der Waals surface area contributed by atoms with Gasteiger partial charge in [0.15, 0.2) is 0 Å². The van der Waals surface area contributed by atoms with Crippen LogP contribution in [0.15, 0.2) is 73.1 Å². The van der Waals surface area contributed by atoms with Crippen molar-refractivity contribution in [2.24, 2.45) is 0 Å². The van der Waals surface area contributed by atoms with E-state index in [2.05, 4.69) is 20.8 Å². The highest BCUT2D eigenvalue weighted by Crippen LogP contribution is 2.18. The van der Waals surface area contributed by atoms with Crippen LogP contribution in [-0.4, -0.2) is 31.4 Å². The summed E-state index contributed by atoms with van der Waals surface area (Å²) in [5.41, 5.74) is 3.86. The van der Waals surface area contributed by atoms with Crippen molar-refractivity contribution in [2.75, 3.05) is 10.6 Å². The molecule has 2 amide bonds. The lowest BCUT2D eigenvalue weighted by Gasteiger charge is -2.04. The van der Waals surface area contributed by atoms with Gasteiger partial charge in [0.1, 0.15) is 0 Å². The molecule has 0 aliphatic heterocycles. The summed E-state index contributed by atoms with van der Waals surface area (Å²) in [6.45, 7) is 3.53. The second kappa shape index (κ2) is 8.04. The zero-order chi connectivity index (χ0) is 21.1. The number of carbonyl (C=O) groups excluding carboxylic acids is 2. The molecule has 150 valence electrons. The molecule has 0 atom stereocenters. The third kappa shape index (κ3) is 3.97. The van der Waals surface area contributed by atoms with E-state index >= 15 is 0 Å². The summed E-state index contributed by atoms with van der Waals surface area (Å²) in [6, 6.07) is 19.0. The largest absolute Gasteiger partial charge is 0.315 e.